The Morgan fingerprint density at radius 3 is 2.59 bits per heavy atom. The van der Waals surface area contributed by atoms with E-state index in [-0.39, 0.29) is 18.4 Å². The molecule has 3 aromatic heterocycles. The summed E-state index contributed by atoms with van der Waals surface area (Å²) in [5.74, 6) is 0.229. The molecule has 3 heterocycles. The number of benzene rings is 1. The molecule has 10 heteroatoms. The highest BCUT2D eigenvalue weighted by Gasteiger charge is 2.30. The molecule has 0 aliphatic rings. The molecule has 0 bridgehead atoms. The van der Waals surface area contributed by atoms with E-state index >= 15 is 0 Å². The largest absolute Gasteiger partial charge is 0.417 e. The van der Waals surface area contributed by atoms with Crippen molar-refractivity contribution < 1.29 is 18.0 Å². The summed E-state index contributed by atoms with van der Waals surface area (Å²) < 4.78 is 40.2. The molecule has 0 saturated carbocycles. The Morgan fingerprint density at radius 2 is 1.94 bits per heavy atom. The average Bonchev–Trinajstić information content (AvgIpc) is 3.23. The molecule has 7 nitrogen and oxygen atoms in total. The van der Waals surface area contributed by atoms with Gasteiger partial charge < -0.3 is 10.6 Å². The average molecular weight is 442 g/mol. The lowest BCUT2D eigenvalue weighted by molar-refractivity contribution is -0.137. The number of rotatable bonds is 5. The van der Waals surface area contributed by atoms with Gasteiger partial charge in [-0.05, 0) is 36.2 Å². The minimum absolute atomic E-state index is 0.0909. The molecular formula is C22H21F3N6O. The Kier molecular flexibility index (Phi) is 5.45. The van der Waals surface area contributed by atoms with Crippen LogP contribution in [-0.2, 0) is 12.7 Å². The van der Waals surface area contributed by atoms with Crippen molar-refractivity contribution in [3.63, 3.8) is 0 Å². The van der Waals surface area contributed by atoms with E-state index in [1.54, 1.807) is 40.0 Å². The lowest BCUT2D eigenvalue weighted by Gasteiger charge is -2.25. The van der Waals surface area contributed by atoms with Gasteiger partial charge in [-0.3, -0.25) is 14.2 Å². The third kappa shape index (κ3) is 4.20. The van der Waals surface area contributed by atoms with Crippen LogP contribution in [0.5, 0.6) is 0 Å². The molecule has 0 saturated heterocycles. The first kappa shape index (κ1) is 21.5. The van der Waals surface area contributed by atoms with Gasteiger partial charge in [0.1, 0.15) is 11.3 Å². The molecule has 4 aromatic rings. The molecule has 32 heavy (non-hydrogen) atoms. The summed E-state index contributed by atoms with van der Waals surface area (Å²) in [5.41, 5.74) is 7.86. The first-order chi connectivity index (χ1) is 15.1. The molecule has 0 atom stereocenters. The highest BCUT2D eigenvalue weighted by atomic mass is 19.4. The first-order valence-electron chi connectivity index (χ1n) is 9.96. The van der Waals surface area contributed by atoms with Crippen molar-refractivity contribution in [2.75, 3.05) is 12.3 Å². The Labute approximate surface area is 181 Å². The molecule has 2 N–H and O–H groups in total. The highest BCUT2D eigenvalue weighted by Crippen LogP contribution is 2.28. The molecule has 0 aliphatic carbocycles. The van der Waals surface area contributed by atoms with Gasteiger partial charge in [-0.2, -0.15) is 13.2 Å². The molecule has 0 spiro atoms. The summed E-state index contributed by atoms with van der Waals surface area (Å²) in [5, 5.41) is 0. The smallest absolute Gasteiger partial charge is 0.382 e. The number of nitrogens with two attached hydrogens (primary N) is 1. The zero-order valence-corrected chi connectivity index (χ0v) is 17.5. The SMILES string of the molecule is CC(C)CN(Cc1ccc(C(F)(F)F)cn1)C(=O)c1ccc2nc(N)c3cncn3c2c1. The van der Waals surface area contributed by atoms with Crippen LogP contribution in [0.3, 0.4) is 0 Å². The van der Waals surface area contributed by atoms with Gasteiger partial charge in [0, 0.05) is 18.3 Å². The maximum absolute atomic E-state index is 13.3. The molecule has 1 aromatic carbocycles. The Balaban J connectivity index is 1.67. The van der Waals surface area contributed by atoms with Crippen molar-refractivity contribution in [2.45, 2.75) is 26.6 Å². The zero-order valence-electron chi connectivity index (χ0n) is 17.5. The van der Waals surface area contributed by atoms with Gasteiger partial charge >= 0.3 is 6.18 Å². The van der Waals surface area contributed by atoms with E-state index in [0.717, 1.165) is 12.3 Å². The number of hydrogen-bond acceptors (Lipinski definition) is 5. The summed E-state index contributed by atoms with van der Waals surface area (Å²) >= 11 is 0. The van der Waals surface area contributed by atoms with Gasteiger partial charge in [0.25, 0.3) is 5.91 Å². The number of nitrogen functional groups attached to an aromatic ring is 1. The van der Waals surface area contributed by atoms with Crippen molar-refractivity contribution in [1.29, 1.82) is 0 Å². The van der Waals surface area contributed by atoms with Gasteiger partial charge in [-0.25, -0.2) is 9.97 Å². The number of fused-ring (bicyclic) bond motifs is 3. The van der Waals surface area contributed by atoms with Crippen molar-refractivity contribution in [3.8, 4) is 0 Å². The van der Waals surface area contributed by atoms with Crippen LogP contribution in [0, 0.1) is 5.92 Å². The number of pyridine rings is 1. The van der Waals surface area contributed by atoms with E-state index in [0.29, 0.717) is 40.2 Å². The van der Waals surface area contributed by atoms with Crippen molar-refractivity contribution in [3.05, 3.63) is 65.9 Å². The van der Waals surface area contributed by atoms with Crippen LogP contribution in [0.25, 0.3) is 16.6 Å². The normalized spacial score (nSPS) is 12.1. The predicted octanol–water partition coefficient (Wildman–Crippen LogP) is 4.18. The van der Waals surface area contributed by atoms with Crippen LogP contribution in [0.15, 0.2) is 49.1 Å². The van der Waals surface area contributed by atoms with Crippen LogP contribution >= 0.6 is 0 Å². The van der Waals surface area contributed by atoms with Crippen LogP contribution < -0.4 is 5.73 Å². The monoisotopic (exact) mass is 442 g/mol. The maximum atomic E-state index is 13.3. The molecule has 0 fully saturated rings. The van der Waals surface area contributed by atoms with Crippen molar-refractivity contribution in [2.24, 2.45) is 5.92 Å². The lowest BCUT2D eigenvalue weighted by atomic mass is 10.1. The van der Waals surface area contributed by atoms with Crippen LogP contribution in [-0.4, -0.2) is 36.7 Å². The Morgan fingerprint density at radius 1 is 1.16 bits per heavy atom. The number of carbonyl (C=O) groups is 1. The van der Waals surface area contributed by atoms with E-state index < -0.39 is 11.7 Å². The van der Waals surface area contributed by atoms with Crippen LogP contribution in [0.4, 0.5) is 19.0 Å². The summed E-state index contributed by atoms with van der Waals surface area (Å²) in [6, 6.07) is 7.36. The third-order valence-corrected chi connectivity index (χ3v) is 5.00. The van der Waals surface area contributed by atoms with E-state index in [1.165, 1.54) is 6.07 Å². The maximum Gasteiger partial charge on any atom is 0.417 e. The number of carbonyl (C=O) groups excluding carboxylic acids is 1. The minimum atomic E-state index is -4.46. The van der Waals surface area contributed by atoms with Gasteiger partial charge in [0.05, 0.1) is 41.4 Å². The van der Waals surface area contributed by atoms with E-state index in [9.17, 15) is 18.0 Å². The number of nitrogens with zero attached hydrogens (tertiary/aromatic N) is 5. The fourth-order valence-corrected chi connectivity index (χ4v) is 3.53. The van der Waals surface area contributed by atoms with Gasteiger partial charge in [0.2, 0.25) is 0 Å². The van der Waals surface area contributed by atoms with E-state index in [2.05, 4.69) is 15.0 Å². The van der Waals surface area contributed by atoms with Crippen LogP contribution in [0.1, 0.15) is 35.5 Å². The van der Waals surface area contributed by atoms with Gasteiger partial charge in [-0.15, -0.1) is 0 Å². The summed E-state index contributed by atoms with van der Waals surface area (Å²) in [7, 11) is 0. The van der Waals surface area contributed by atoms with E-state index in [1.807, 2.05) is 13.8 Å². The quantitative estimate of drug-likeness (QED) is 0.501. The Hall–Kier alpha value is -3.69. The standard InChI is InChI=1S/C22H21F3N6O/c1-13(2)10-30(11-16-5-4-15(8-28-16)22(23,24)25)21(32)14-3-6-17-18(7-14)31-12-27-9-19(31)20(26)29-17/h3-9,12-13H,10-11H2,1-2H3,(H2,26,29). The number of aromatic nitrogens is 4. The fourth-order valence-electron chi connectivity index (χ4n) is 3.53. The second kappa shape index (κ2) is 8.10. The minimum Gasteiger partial charge on any atom is -0.382 e. The number of anilines is 1. The topological polar surface area (TPSA) is 89.4 Å². The number of amides is 1. The number of halogens is 3. The number of imidazole rings is 1. The second-order valence-corrected chi connectivity index (χ2v) is 7.96. The first-order valence-corrected chi connectivity index (χ1v) is 9.96. The summed E-state index contributed by atoms with van der Waals surface area (Å²) in [6.45, 7) is 4.43. The molecule has 4 rings (SSSR count). The van der Waals surface area contributed by atoms with E-state index in [4.69, 9.17) is 5.73 Å². The van der Waals surface area contributed by atoms with Gasteiger partial charge in [-0.1, -0.05) is 13.8 Å². The molecule has 166 valence electrons. The molecular weight excluding hydrogens is 421 g/mol. The predicted molar refractivity (Wildman–Crippen MR) is 114 cm³/mol. The molecule has 0 radical (unpaired) electrons. The summed E-state index contributed by atoms with van der Waals surface area (Å²) in [4.78, 5) is 27.3. The molecule has 0 aliphatic heterocycles. The zero-order chi connectivity index (χ0) is 23.0. The summed E-state index contributed by atoms with van der Waals surface area (Å²) in [6.07, 6.45) is -0.477. The number of hydrogen-bond donors (Lipinski definition) is 1. The molecule has 1 amide bonds. The Bertz CT molecular complexity index is 1280. The van der Waals surface area contributed by atoms with Gasteiger partial charge in [0.15, 0.2) is 0 Å². The second-order valence-electron chi connectivity index (χ2n) is 7.96. The fraction of sp³-hybridized carbons (Fsp3) is 0.273. The highest BCUT2D eigenvalue weighted by molar-refractivity contribution is 5.98. The lowest BCUT2D eigenvalue weighted by Crippen LogP contribution is -2.34. The van der Waals surface area contributed by atoms with Crippen molar-refractivity contribution in [1.82, 2.24) is 24.3 Å². The van der Waals surface area contributed by atoms with Crippen molar-refractivity contribution >= 4 is 28.3 Å². The molecule has 0 unspecified atom stereocenters. The van der Waals surface area contributed by atoms with Crippen LogP contribution in [0.2, 0.25) is 0 Å². The third-order valence-electron chi connectivity index (χ3n) is 5.00. The number of alkyl halides is 3.